The molecule has 0 radical (unpaired) electrons. The normalized spacial score (nSPS) is 10.2. The van der Waals surface area contributed by atoms with Crippen molar-refractivity contribution >= 4 is 23.3 Å². The number of nitrogens with one attached hydrogen (secondary N) is 1. The number of carbonyl (C=O) groups excluding carboxylic acids is 1. The first-order valence-corrected chi connectivity index (χ1v) is 5.66. The number of hydrogen-bond acceptors (Lipinski definition) is 4. The molecule has 2 aromatic rings. The highest BCUT2D eigenvalue weighted by atomic mass is 35.5. The molecule has 5 nitrogen and oxygen atoms in total. The molecular weight excluding hydrogens is 252 g/mol. The lowest BCUT2D eigenvalue weighted by atomic mass is 10.2. The highest BCUT2D eigenvalue weighted by Crippen LogP contribution is 2.10. The van der Waals surface area contributed by atoms with Gasteiger partial charge in [-0.1, -0.05) is 11.6 Å². The van der Waals surface area contributed by atoms with Crippen molar-refractivity contribution in [1.82, 2.24) is 15.0 Å². The molecule has 0 saturated heterocycles. The summed E-state index contributed by atoms with van der Waals surface area (Å²) in [5.74, 6) is 0.130. The average molecular weight is 263 g/mol. The fourth-order valence-electron chi connectivity index (χ4n) is 1.52. The third-order valence-corrected chi connectivity index (χ3v) is 2.39. The molecule has 0 atom stereocenters. The van der Waals surface area contributed by atoms with Gasteiger partial charge >= 0.3 is 0 Å². The zero-order chi connectivity index (χ0) is 13.1. The summed E-state index contributed by atoms with van der Waals surface area (Å²) in [7, 11) is 0. The van der Waals surface area contributed by atoms with Gasteiger partial charge in [0.05, 0.1) is 12.4 Å². The lowest BCUT2D eigenvalue weighted by Crippen LogP contribution is -2.15. The van der Waals surface area contributed by atoms with Gasteiger partial charge in [0.2, 0.25) is 0 Å². The highest BCUT2D eigenvalue weighted by Gasteiger charge is 2.09. The number of nitrogens with zero attached hydrogens (tertiary/aromatic N) is 3. The molecular formula is C12H11ClN4O. The Bertz CT molecular complexity index is 563. The molecule has 0 aromatic carbocycles. The van der Waals surface area contributed by atoms with E-state index in [0.717, 1.165) is 11.3 Å². The summed E-state index contributed by atoms with van der Waals surface area (Å²) in [5.41, 5.74) is 2.06. The van der Waals surface area contributed by atoms with Crippen LogP contribution in [0.3, 0.4) is 0 Å². The Balaban J connectivity index is 2.18. The van der Waals surface area contributed by atoms with Gasteiger partial charge in [-0.25, -0.2) is 15.0 Å². The molecule has 2 aromatic heterocycles. The number of aromatic nitrogens is 3. The van der Waals surface area contributed by atoms with E-state index < -0.39 is 0 Å². The predicted octanol–water partition coefficient (Wildman–Crippen LogP) is 2.39. The first kappa shape index (κ1) is 12.4. The smallest absolute Gasteiger partial charge is 0.277 e. The predicted molar refractivity (Wildman–Crippen MR) is 68.7 cm³/mol. The molecule has 0 fully saturated rings. The van der Waals surface area contributed by atoms with Crippen LogP contribution in [-0.2, 0) is 0 Å². The molecule has 0 aliphatic carbocycles. The van der Waals surface area contributed by atoms with Gasteiger partial charge in [-0.2, -0.15) is 0 Å². The van der Waals surface area contributed by atoms with Gasteiger partial charge in [0.15, 0.2) is 0 Å². The largest absolute Gasteiger partial charge is 0.305 e. The van der Waals surface area contributed by atoms with Crippen molar-refractivity contribution in [1.29, 1.82) is 0 Å². The van der Waals surface area contributed by atoms with Gasteiger partial charge in [0.25, 0.3) is 5.91 Å². The summed E-state index contributed by atoms with van der Waals surface area (Å²) < 4.78 is 0. The second-order valence-electron chi connectivity index (χ2n) is 3.85. The molecule has 0 spiro atoms. The van der Waals surface area contributed by atoms with Gasteiger partial charge in [0.1, 0.15) is 16.7 Å². The van der Waals surface area contributed by atoms with Crippen LogP contribution in [0.2, 0.25) is 5.15 Å². The Labute approximate surface area is 109 Å². The molecule has 6 heteroatoms. The summed E-state index contributed by atoms with van der Waals surface area (Å²) in [6.45, 7) is 3.80. The Kier molecular flexibility index (Phi) is 3.53. The standard InChI is InChI=1S/C12H11ClN4O/c1-7-3-8(2)16-11(4-7)17-12(18)9-5-15-10(13)6-14-9/h3-6H,1-2H3,(H,16,17,18). The maximum absolute atomic E-state index is 11.9. The maximum atomic E-state index is 11.9. The van der Waals surface area contributed by atoms with E-state index in [-0.39, 0.29) is 16.8 Å². The molecule has 0 saturated carbocycles. The van der Waals surface area contributed by atoms with Crippen molar-refractivity contribution in [2.24, 2.45) is 0 Å². The molecule has 0 unspecified atom stereocenters. The van der Waals surface area contributed by atoms with Gasteiger partial charge in [-0.15, -0.1) is 0 Å². The fourth-order valence-corrected chi connectivity index (χ4v) is 1.61. The number of carbonyl (C=O) groups is 1. The van der Waals surface area contributed by atoms with E-state index in [1.54, 1.807) is 6.07 Å². The summed E-state index contributed by atoms with van der Waals surface area (Å²) in [4.78, 5) is 23.7. The van der Waals surface area contributed by atoms with Gasteiger partial charge in [0, 0.05) is 5.69 Å². The van der Waals surface area contributed by atoms with Crippen molar-refractivity contribution in [3.63, 3.8) is 0 Å². The zero-order valence-electron chi connectivity index (χ0n) is 9.94. The van der Waals surface area contributed by atoms with Crippen LogP contribution in [0.15, 0.2) is 24.5 Å². The van der Waals surface area contributed by atoms with Crippen LogP contribution in [0.1, 0.15) is 21.7 Å². The Morgan fingerprint density at radius 2 is 2.00 bits per heavy atom. The summed E-state index contributed by atoms with van der Waals surface area (Å²) in [6.07, 6.45) is 2.64. The fraction of sp³-hybridized carbons (Fsp3) is 0.167. The first-order chi connectivity index (χ1) is 8.54. The quantitative estimate of drug-likeness (QED) is 0.902. The van der Waals surface area contributed by atoms with Crippen LogP contribution in [0, 0.1) is 13.8 Å². The topological polar surface area (TPSA) is 67.8 Å². The summed E-state index contributed by atoms with van der Waals surface area (Å²) in [6, 6.07) is 3.71. The van der Waals surface area contributed by atoms with E-state index in [0.29, 0.717) is 5.82 Å². The Morgan fingerprint density at radius 1 is 1.22 bits per heavy atom. The number of rotatable bonds is 2. The van der Waals surface area contributed by atoms with E-state index >= 15 is 0 Å². The van der Waals surface area contributed by atoms with Crippen molar-refractivity contribution < 1.29 is 4.79 Å². The third kappa shape index (κ3) is 3.01. The highest BCUT2D eigenvalue weighted by molar-refractivity contribution is 6.29. The minimum Gasteiger partial charge on any atom is -0.305 e. The molecule has 92 valence electrons. The zero-order valence-corrected chi connectivity index (χ0v) is 10.7. The van der Waals surface area contributed by atoms with Crippen LogP contribution in [0.4, 0.5) is 5.82 Å². The average Bonchev–Trinajstić information content (AvgIpc) is 2.28. The van der Waals surface area contributed by atoms with E-state index in [9.17, 15) is 4.79 Å². The van der Waals surface area contributed by atoms with Crippen LogP contribution in [-0.4, -0.2) is 20.9 Å². The number of hydrogen-bond donors (Lipinski definition) is 1. The van der Waals surface area contributed by atoms with Gasteiger partial charge in [-0.3, -0.25) is 4.79 Å². The van der Waals surface area contributed by atoms with Crippen LogP contribution in [0.25, 0.3) is 0 Å². The minimum atomic E-state index is -0.364. The number of anilines is 1. The second kappa shape index (κ2) is 5.10. The number of halogens is 1. The van der Waals surface area contributed by atoms with Crippen molar-refractivity contribution in [2.75, 3.05) is 5.32 Å². The molecule has 1 amide bonds. The van der Waals surface area contributed by atoms with Crippen LogP contribution in [0.5, 0.6) is 0 Å². The van der Waals surface area contributed by atoms with Crippen molar-refractivity contribution in [2.45, 2.75) is 13.8 Å². The number of amides is 1. The molecule has 2 heterocycles. The molecule has 1 N–H and O–H groups in total. The van der Waals surface area contributed by atoms with E-state index in [1.807, 2.05) is 19.9 Å². The molecule has 0 aliphatic heterocycles. The lowest BCUT2D eigenvalue weighted by molar-refractivity contribution is 0.102. The van der Waals surface area contributed by atoms with Crippen LogP contribution >= 0.6 is 11.6 Å². The Morgan fingerprint density at radius 3 is 2.61 bits per heavy atom. The SMILES string of the molecule is Cc1cc(C)nc(NC(=O)c2cnc(Cl)cn2)c1. The summed E-state index contributed by atoms with van der Waals surface area (Å²) >= 11 is 5.60. The number of aryl methyl sites for hydroxylation is 2. The molecule has 18 heavy (non-hydrogen) atoms. The monoisotopic (exact) mass is 262 g/mol. The lowest BCUT2D eigenvalue weighted by Gasteiger charge is -2.05. The van der Waals surface area contributed by atoms with Crippen molar-refractivity contribution in [3.05, 3.63) is 46.6 Å². The van der Waals surface area contributed by atoms with Crippen molar-refractivity contribution in [3.8, 4) is 0 Å². The Hall–Kier alpha value is -2.01. The molecule has 2 rings (SSSR count). The summed E-state index contributed by atoms with van der Waals surface area (Å²) in [5, 5.41) is 2.91. The second-order valence-corrected chi connectivity index (χ2v) is 4.24. The third-order valence-electron chi connectivity index (χ3n) is 2.19. The number of pyridine rings is 1. The maximum Gasteiger partial charge on any atom is 0.277 e. The minimum absolute atomic E-state index is 0.195. The van der Waals surface area contributed by atoms with Gasteiger partial charge < -0.3 is 5.32 Å². The first-order valence-electron chi connectivity index (χ1n) is 5.29. The van der Waals surface area contributed by atoms with Crippen LogP contribution < -0.4 is 5.32 Å². The van der Waals surface area contributed by atoms with E-state index in [2.05, 4.69) is 20.3 Å². The van der Waals surface area contributed by atoms with Gasteiger partial charge in [-0.05, 0) is 31.5 Å². The molecule has 0 bridgehead atoms. The van der Waals surface area contributed by atoms with E-state index in [1.165, 1.54) is 12.4 Å². The van der Waals surface area contributed by atoms with E-state index in [4.69, 9.17) is 11.6 Å². The molecule has 0 aliphatic rings.